The van der Waals surface area contributed by atoms with Crippen LogP contribution in [0.5, 0.6) is 0 Å². The summed E-state index contributed by atoms with van der Waals surface area (Å²) < 4.78 is 29.6. The van der Waals surface area contributed by atoms with Crippen LogP contribution in [0.1, 0.15) is 33.7 Å². The number of hydrogen-bond donors (Lipinski definition) is 1. The molecule has 0 aromatic carbocycles. The molecule has 3 aromatic rings. The van der Waals surface area contributed by atoms with E-state index in [9.17, 15) is 18.0 Å². The molecule has 0 spiro atoms. The molecule has 0 aliphatic carbocycles. The van der Waals surface area contributed by atoms with Crippen LogP contribution in [-0.2, 0) is 21.4 Å². The Kier molecular flexibility index (Phi) is 6.56. The number of hydrogen-bond acceptors (Lipinski definition) is 6. The Morgan fingerprint density at radius 2 is 1.90 bits per heavy atom. The van der Waals surface area contributed by atoms with Gasteiger partial charge in [0.15, 0.2) is 5.65 Å². The summed E-state index contributed by atoms with van der Waals surface area (Å²) in [5.74, 6) is -0.475. The number of carbonyl (C=O) groups excluding carboxylic acids is 1. The molecular weight excluding hydrogens is 420 g/mol. The Bertz CT molecular complexity index is 1260. The van der Waals surface area contributed by atoms with E-state index in [0.717, 1.165) is 16.0 Å². The number of carbonyl (C=O) groups is 1. The van der Waals surface area contributed by atoms with Gasteiger partial charge in [-0.15, -0.1) is 0 Å². The van der Waals surface area contributed by atoms with E-state index in [4.69, 9.17) is 0 Å². The average Bonchev–Trinajstić information content (AvgIpc) is 3.13. The fourth-order valence-corrected chi connectivity index (χ4v) is 4.72. The van der Waals surface area contributed by atoms with Crippen molar-refractivity contribution in [1.82, 2.24) is 23.6 Å². The molecule has 0 saturated heterocycles. The number of pyridine rings is 2. The van der Waals surface area contributed by atoms with Crippen molar-refractivity contribution in [2.45, 2.75) is 45.2 Å². The lowest BCUT2D eigenvalue weighted by Crippen LogP contribution is -2.33. The molecule has 0 aliphatic heterocycles. The standard InChI is InChI=1S/C20H26N6O4S/c1-5-25(6-2)31(29,30)17-7-8-19(28)24(12-17)13-18(27)23-16-9-15-10-22-26(14(3)4)20(15)21-11-16/h7-12,14H,5-6,13H2,1-4H3,(H,23,27). The van der Waals surface area contributed by atoms with Crippen LogP contribution in [0.3, 0.4) is 0 Å². The van der Waals surface area contributed by atoms with E-state index in [2.05, 4.69) is 15.4 Å². The van der Waals surface area contributed by atoms with Gasteiger partial charge in [-0.2, -0.15) is 9.40 Å². The molecule has 0 unspecified atom stereocenters. The quantitative estimate of drug-likeness (QED) is 0.564. The van der Waals surface area contributed by atoms with Gasteiger partial charge >= 0.3 is 0 Å². The summed E-state index contributed by atoms with van der Waals surface area (Å²) in [6.07, 6.45) is 4.39. The number of nitrogens with zero attached hydrogens (tertiary/aromatic N) is 5. The molecule has 1 amide bonds. The fraction of sp³-hybridized carbons (Fsp3) is 0.400. The normalized spacial score (nSPS) is 12.1. The van der Waals surface area contributed by atoms with E-state index in [1.165, 1.54) is 22.8 Å². The Hall–Kier alpha value is -3.05. The molecule has 0 aliphatic rings. The van der Waals surface area contributed by atoms with Gasteiger partial charge in [0.2, 0.25) is 15.9 Å². The topological polar surface area (TPSA) is 119 Å². The highest BCUT2D eigenvalue weighted by molar-refractivity contribution is 7.89. The first-order valence-corrected chi connectivity index (χ1v) is 11.4. The van der Waals surface area contributed by atoms with Crippen LogP contribution < -0.4 is 10.9 Å². The van der Waals surface area contributed by atoms with Crippen LogP contribution in [0, 0.1) is 0 Å². The fourth-order valence-electron chi connectivity index (χ4n) is 3.24. The number of nitrogens with one attached hydrogen (secondary N) is 1. The lowest BCUT2D eigenvalue weighted by Gasteiger charge is -2.19. The van der Waals surface area contributed by atoms with Crippen LogP contribution in [0.2, 0.25) is 0 Å². The Balaban J connectivity index is 1.80. The molecule has 0 bridgehead atoms. The highest BCUT2D eigenvalue weighted by atomic mass is 32.2. The van der Waals surface area contributed by atoms with Crippen molar-refractivity contribution >= 4 is 32.7 Å². The molecule has 0 radical (unpaired) electrons. The smallest absolute Gasteiger partial charge is 0.251 e. The Labute approximate surface area is 180 Å². The van der Waals surface area contributed by atoms with Crippen molar-refractivity contribution in [1.29, 1.82) is 0 Å². The lowest BCUT2D eigenvalue weighted by molar-refractivity contribution is -0.116. The van der Waals surface area contributed by atoms with Crippen LogP contribution in [-0.4, -0.2) is 51.1 Å². The summed E-state index contributed by atoms with van der Waals surface area (Å²) in [7, 11) is -3.74. The first-order valence-electron chi connectivity index (χ1n) is 10.0. The minimum Gasteiger partial charge on any atom is -0.323 e. The van der Waals surface area contributed by atoms with E-state index in [-0.39, 0.29) is 17.5 Å². The first-order chi connectivity index (χ1) is 14.7. The minimum absolute atomic E-state index is 0.0345. The zero-order valence-corrected chi connectivity index (χ0v) is 18.8. The lowest BCUT2D eigenvalue weighted by atomic mass is 10.3. The van der Waals surface area contributed by atoms with E-state index >= 15 is 0 Å². The van der Waals surface area contributed by atoms with Gasteiger partial charge in [-0.3, -0.25) is 9.59 Å². The summed E-state index contributed by atoms with van der Waals surface area (Å²) in [5, 5.41) is 7.76. The number of rotatable bonds is 8. The van der Waals surface area contributed by atoms with Gasteiger partial charge in [-0.1, -0.05) is 13.8 Å². The van der Waals surface area contributed by atoms with Crippen molar-refractivity contribution in [3.8, 4) is 0 Å². The highest BCUT2D eigenvalue weighted by Gasteiger charge is 2.22. The maximum atomic E-state index is 12.7. The molecule has 10 nitrogen and oxygen atoms in total. The van der Waals surface area contributed by atoms with E-state index < -0.39 is 21.5 Å². The third-order valence-electron chi connectivity index (χ3n) is 4.82. The Morgan fingerprint density at radius 3 is 2.55 bits per heavy atom. The summed E-state index contributed by atoms with van der Waals surface area (Å²) in [6, 6.07) is 4.31. The maximum Gasteiger partial charge on any atom is 0.251 e. The van der Waals surface area contributed by atoms with Crippen molar-refractivity contribution in [2.24, 2.45) is 0 Å². The number of amides is 1. The molecule has 1 N–H and O–H groups in total. The SMILES string of the molecule is CCN(CC)S(=O)(=O)c1ccc(=O)n(CC(=O)Nc2cnc3c(cnn3C(C)C)c2)c1. The second-order valence-electron chi connectivity index (χ2n) is 7.29. The Morgan fingerprint density at radius 1 is 1.19 bits per heavy atom. The van der Waals surface area contributed by atoms with Gasteiger partial charge in [0.1, 0.15) is 6.54 Å². The van der Waals surface area contributed by atoms with Crippen LogP contribution in [0.15, 0.2) is 46.5 Å². The van der Waals surface area contributed by atoms with Crippen molar-refractivity contribution in [3.63, 3.8) is 0 Å². The largest absolute Gasteiger partial charge is 0.323 e. The van der Waals surface area contributed by atoms with E-state index in [1.807, 2.05) is 13.8 Å². The molecule has 3 rings (SSSR count). The van der Waals surface area contributed by atoms with E-state index in [0.29, 0.717) is 24.4 Å². The predicted molar refractivity (Wildman–Crippen MR) is 117 cm³/mol. The van der Waals surface area contributed by atoms with Crippen molar-refractivity contribution < 1.29 is 13.2 Å². The molecular formula is C20H26N6O4S. The maximum absolute atomic E-state index is 12.7. The number of anilines is 1. The van der Waals surface area contributed by atoms with E-state index in [1.54, 1.807) is 30.8 Å². The monoisotopic (exact) mass is 446 g/mol. The predicted octanol–water partition coefficient (Wildman–Crippen LogP) is 1.84. The first kappa shape index (κ1) is 22.6. The van der Waals surface area contributed by atoms with Gasteiger partial charge in [-0.05, 0) is 26.0 Å². The summed E-state index contributed by atoms with van der Waals surface area (Å²) in [4.78, 5) is 29.0. The zero-order chi connectivity index (χ0) is 22.8. The third kappa shape index (κ3) is 4.67. The molecule has 0 fully saturated rings. The summed E-state index contributed by atoms with van der Waals surface area (Å²) in [6.45, 7) is 7.75. The number of sulfonamides is 1. The molecule has 31 heavy (non-hydrogen) atoms. The van der Waals surface area contributed by atoms with Gasteiger partial charge in [0.25, 0.3) is 5.56 Å². The molecule has 3 heterocycles. The van der Waals surface area contributed by atoms with Gasteiger partial charge in [0, 0.05) is 36.8 Å². The van der Waals surface area contributed by atoms with Gasteiger partial charge in [-0.25, -0.2) is 18.1 Å². The molecule has 11 heteroatoms. The van der Waals surface area contributed by atoms with Crippen LogP contribution >= 0.6 is 0 Å². The molecule has 0 atom stereocenters. The number of aromatic nitrogens is 4. The average molecular weight is 447 g/mol. The van der Waals surface area contributed by atoms with Crippen molar-refractivity contribution in [3.05, 3.63) is 47.1 Å². The summed E-state index contributed by atoms with van der Waals surface area (Å²) >= 11 is 0. The van der Waals surface area contributed by atoms with Crippen LogP contribution in [0.4, 0.5) is 5.69 Å². The van der Waals surface area contributed by atoms with Gasteiger partial charge < -0.3 is 9.88 Å². The molecule has 0 saturated carbocycles. The van der Waals surface area contributed by atoms with Gasteiger partial charge in [0.05, 0.1) is 23.0 Å². The summed E-state index contributed by atoms with van der Waals surface area (Å²) in [5.41, 5.74) is 0.694. The molecule has 166 valence electrons. The zero-order valence-electron chi connectivity index (χ0n) is 17.9. The second kappa shape index (κ2) is 8.98. The highest BCUT2D eigenvalue weighted by Crippen LogP contribution is 2.19. The third-order valence-corrected chi connectivity index (χ3v) is 6.85. The second-order valence-corrected chi connectivity index (χ2v) is 9.23. The van der Waals surface area contributed by atoms with Crippen LogP contribution in [0.25, 0.3) is 11.0 Å². The minimum atomic E-state index is -3.74. The van der Waals surface area contributed by atoms with Crippen molar-refractivity contribution in [2.75, 3.05) is 18.4 Å². The number of fused-ring (bicyclic) bond motifs is 1. The molecule has 3 aromatic heterocycles.